The number of rotatable bonds is 2. The van der Waals surface area contributed by atoms with E-state index in [0.717, 1.165) is 18.2 Å². The zero-order valence-electron chi connectivity index (χ0n) is 11.5. The molecule has 0 bridgehead atoms. The SMILES string of the molecule is Cc1cc(C(F)(F)F)ccc1C(=O)OC(=O)c1ccccc1. The van der Waals surface area contributed by atoms with Crippen LogP contribution in [0, 0.1) is 6.92 Å². The van der Waals surface area contributed by atoms with Gasteiger partial charge in [-0.15, -0.1) is 0 Å². The van der Waals surface area contributed by atoms with E-state index < -0.39 is 23.7 Å². The predicted molar refractivity (Wildman–Crippen MR) is 72.4 cm³/mol. The van der Waals surface area contributed by atoms with Crippen LogP contribution in [0.2, 0.25) is 0 Å². The van der Waals surface area contributed by atoms with E-state index in [2.05, 4.69) is 4.74 Å². The molecule has 0 aliphatic heterocycles. The summed E-state index contributed by atoms with van der Waals surface area (Å²) in [7, 11) is 0. The van der Waals surface area contributed by atoms with Gasteiger partial charge in [0.1, 0.15) is 0 Å². The van der Waals surface area contributed by atoms with Gasteiger partial charge in [0, 0.05) is 0 Å². The summed E-state index contributed by atoms with van der Waals surface area (Å²) >= 11 is 0. The zero-order chi connectivity index (χ0) is 16.3. The molecular weight excluding hydrogens is 297 g/mol. The third kappa shape index (κ3) is 3.52. The summed E-state index contributed by atoms with van der Waals surface area (Å²) in [5, 5.41) is 0. The third-order valence-electron chi connectivity index (χ3n) is 2.97. The fraction of sp³-hybridized carbons (Fsp3) is 0.125. The molecule has 0 N–H and O–H groups in total. The van der Waals surface area contributed by atoms with E-state index >= 15 is 0 Å². The predicted octanol–water partition coefficient (Wildman–Crippen LogP) is 4.01. The molecule has 6 heteroatoms. The van der Waals surface area contributed by atoms with Gasteiger partial charge in [0.15, 0.2) is 0 Å². The lowest BCUT2D eigenvalue weighted by molar-refractivity contribution is -0.137. The molecule has 0 fully saturated rings. The molecule has 0 saturated carbocycles. The van der Waals surface area contributed by atoms with Crippen LogP contribution in [0.15, 0.2) is 48.5 Å². The second-order valence-corrected chi connectivity index (χ2v) is 4.57. The van der Waals surface area contributed by atoms with E-state index in [1.807, 2.05) is 0 Å². The van der Waals surface area contributed by atoms with Gasteiger partial charge in [0.05, 0.1) is 16.7 Å². The van der Waals surface area contributed by atoms with Crippen LogP contribution < -0.4 is 0 Å². The molecule has 0 heterocycles. The Bertz CT molecular complexity index is 706. The molecule has 0 saturated heterocycles. The van der Waals surface area contributed by atoms with Gasteiger partial charge in [0.2, 0.25) is 0 Å². The summed E-state index contributed by atoms with van der Waals surface area (Å²) in [4.78, 5) is 23.6. The van der Waals surface area contributed by atoms with Gasteiger partial charge in [-0.2, -0.15) is 13.2 Å². The maximum atomic E-state index is 12.6. The molecule has 0 radical (unpaired) electrons. The van der Waals surface area contributed by atoms with Crippen LogP contribution in [0.4, 0.5) is 13.2 Å². The highest BCUT2D eigenvalue weighted by atomic mass is 19.4. The van der Waals surface area contributed by atoms with Crippen molar-refractivity contribution >= 4 is 11.9 Å². The lowest BCUT2D eigenvalue weighted by Gasteiger charge is -2.10. The number of ether oxygens (including phenoxy) is 1. The van der Waals surface area contributed by atoms with E-state index in [0.29, 0.717) is 0 Å². The zero-order valence-corrected chi connectivity index (χ0v) is 11.5. The lowest BCUT2D eigenvalue weighted by atomic mass is 10.0. The van der Waals surface area contributed by atoms with Crippen LogP contribution >= 0.6 is 0 Å². The summed E-state index contributed by atoms with van der Waals surface area (Å²) in [6.45, 7) is 1.35. The molecule has 0 atom stereocenters. The van der Waals surface area contributed by atoms with Crippen molar-refractivity contribution in [2.24, 2.45) is 0 Å². The Morgan fingerprint density at radius 2 is 1.59 bits per heavy atom. The van der Waals surface area contributed by atoms with Crippen molar-refractivity contribution < 1.29 is 27.5 Å². The number of carbonyl (C=O) groups is 2. The number of halogens is 3. The fourth-order valence-corrected chi connectivity index (χ4v) is 1.84. The molecule has 2 aromatic rings. The first-order valence-corrected chi connectivity index (χ1v) is 6.28. The van der Waals surface area contributed by atoms with Gasteiger partial charge in [-0.05, 0) is 42.8 Å². The van der Waals surface area contributed by atoms with Crippen molar-refractivity contribution in [2.45, 2.75) is 13.1 Å². The van der Waals surface area contributed by atoms with Crippen LogP contribution in [0.1, 0.15) is 31.8 Å². The molecule has 2 rings (SSSR count). The minimum atomic E-state index is -4.49. The smallest absolute Gasteiger partial charge is 0.386 e. The quantitative estimate of drug-likeness (QED) is 0.622. The summed E-state index contributed by atoms with van der Waals surface area (Å²) in [5.74, 6) is -1.84. The summed E-state index contributed by atoms with van der Waals surface area (Å²) in [5.41, 5.74) is -0.686. The monoisotopic (exact) mass is 308 g/mol. The average Bonchev–Trinajstić information content (AvgIpc) is 2.46. The number of carbonyl (C=O) groups excluding carboxylic acids is 2. The van der Waals surface area contributed by atoms with Gasteiger partial charge < -0.3 is 4.74 Å². The first-order valence-electron chi connectivity index (χ1n) is 6.28. The summed E-state index contributed by atoms with van der Waals surface area (Å²) in [6, 6.07) is 10.4. The molecule has 0 amide bonds. The van der Waals surface area contributed by atoms with Gasteiger partial charge in [0.25, 0.3) is 0 Å². The van der Waals surface area contributed by atoms with Crippen LogP contribution in [0.3, 0.4) is 0 Å². The number of hydrogen-bond donors (Lipinski definition) is 0. The molecule has 0 spiro atoms. The van der Waals surface area contributed by atoms with Gasteiger partial charge in [-0.1, -0.05) is 18.2 Å². The number of aryl methyl sites for hydroxylation is 1. The van der Waals surface area contributed by atoms with E-state index in [-0.39, 0.29) is 16.7 Å². The molecule has 22 heavy (non-hydrogen) atoms. The van der Waals surface area contributed by atoms with Crippen molar-refractivity contribution in [3.63, 3.8) is 0 Å². The minimum Gasteiger partial charge on any atom is -0.386 e. The molecule has 2 aromatic carbocycles. The van der Waals surface area contributed by atoms with Crippen molar-refractivity contribution in [3.8, 4) is 0 Å². The fourth-order valence-electron chi connectivity index (χ4n) is 1.84. The second-order valence-electron chi connectivity index (χ2n) is 4.57. The summed E-state index contributed by atoms with van der Waals surface area (Å²) < 4.78 is 42.4. The highest BCUT2D eigenvalue weighted by Crippen LogP contribution is 2.30. The Morgan fingerprint density at radius 1 is 0.955 bits per heavy atom. The molecule has 0 aliphatic rings. The standard InChI is InChI=1S/C16H11F3O3/c1-10-9-12(16(17,18)19)7-8-13(10)15(21)22-14(20)11-5-3-2-4-6-11/h2-9H,1H3. The Kier molecular flexibility index (Phi) is 4.30. The first-order chi connectivity index (χ1) is 10.3. The van der Waals surface area contributed by atoms with Crippen LogP contribution in [-0.2, 0) is 10.9 Å². The molecule has 0 aliphatic carbocycles. The average molecular weight is 308 g/mol. The van der Waals surface area contributed by atoms with Crippen molar-refractivity contribution in [3.05, 3.63) is 70.8 Å². The van der Waals surface area contributed by atoms with Gasteiger partial charge in [-0.3, -0.25) is 0 Å². The van der Waals surface area contributed by atoms with E-state index in [9.17, 15) is 22.8 Å². The van der Waals surface area contributed by atoms with Crippen LogP contribution in [0.5, 0.6) is 0 Å². The molecule has 3 nitrogen and oxygen atoms in total. The largest absolute Gasteiger partial charge is 0.416 e. The Hall–Kier alpha value is -2.63. The number of benzene rings is 2. The topological polar surface area (TPSA) is 43.4 Å². The lowest BCUT2D eigenvalue weighted by Crippen LogP contribution is -2.14. The number of hydrogen-bond acceptors (Lipinski definition) is 3. The van der Waals surface area contributed by atoms with Crippen LogP contribution in [-0.4, -0.2) is 11.9 Å². The molecule has 0 aromatic heterocycles. The number of alkyl halides is 3. The van der Waals surface area contributed by atoms with Crippen molar-refractivity contribution in [1.82, 2.24) is 0 Å². The Balaban J connectivity index is 2.18. The van der Waals surface area contributed by atoms with Gasteiger partial charge >= 0.3 is 18.1 Å². The number of esters is 2. The first kappa shape index (κ1) is 15.8. The molecule has 0 unspecified atom stereocenters. The highest BCUT2D eigenvalue weighted by molar-refractivity contribution is 6.03. The normalized spacial score (nSPS) is 11.1. The second kappa shape index (κ2) is 6.01. The van der Waals surface area contributed by atoms with E-state index in [1.54, 1.807) is 18.2 Å². The summed E-state index contributed by atoms with van der Waals surface area (Å²) in [6.07, 6.45) is -4.49. The van der Waals surface area contributed by atoms with Crippen LogP contribution in [0.25, 0.3) is 0 Å². The van der Waals surface area contributed by atoms with Crippen molar-refractivity contribution in [2.75, 3.05) is 0 Å². The Morgan fingerprint density at radius 3 is 2.14 bits per heavy atom. The maximum Gasteiger partial charge on any atom is 0.416 e. The van der Waals surface area contributed by atoms with Gasteiger partial charge in [-0.25, -0.2) is 9.59 Å². The Labute approximate surface area is 124 Å². The van der Waals surface area contributed by atoms with E-state index in [4.69, 9.17) is 0 Å². The molecular formula is C16H11F3O3. The molecule has 114 valence electrons. The minimum absolute atomic E-state index is 0.0840. The highest BCUT2D eigenvalue weighted by Gasteiger charge is 2.31. The maximum absolute atomic E-state index is 12.6. The van der Waals surface area contributed by atoms with Crippen molar-refractivity contribution in [1.29, 1.82) is 0 Å². The third-order valence-corrected chi connectivity index (χ3v) is 2.97. The van der Waals surface area contributed by atoms with E-state index in [1.165, 1.54) is 19.1 Å².